The minimum atomic E-state index is -0.270. The van der Waals surface area contributed by atoms with Crippen LogP contribution < -0.4 is 15.4 Å². The molecule has 160 valence electrons. The Morgan fingerprint density at radius 2 is 1.90 bits per heavy atom. The van der Waals surface area contributed by atoms with Crippen molar-refractivity contribution in [3.63, 3.8) is 0 Å². The van der Waals surface area contributed by atoms with E-state index in [2.05, 4.69) is 73.5 Å². The molecule has 0 bridgehead atoms. The average molecular weight is 412 g/mol. The molecule has 30 heavy (non-hydrogen) atoms. The van der Waals surface area contributed by atoms with Gasteiger partial charge in [0.1, 0.15) is 26.2 Å². The zero-order valence-electron chi connectivity index (χ0n) is 18.6. The zero-order valence-corrected chi connectivity index (χ0v) is 18.6. The lowest BCUT2D eigenvalue weighted by atomic mass is 10.00. The van der Waals surface area contributed by atoms with E-state index >= 15 is 0 Å². The minimum absolute atomic E-state index is 0.0565. The third kappa shape index (κ3) is 3.89. The van der Waals surface area contributed by atoms with Gasteiger partial charge in [-0.2, -0.15) is 0 Å². The molecule has 0 amide bonds. The molecule has 1 fully saturated rings. The molecule has 2 aromatic heterocycles. The predicted octanol–water partition coefficient (Wildman–Crippen LogP) is -0.665. The molecule has 0 spiro atoms. The number of nitrogens with one attached hydrogen (secondary N) is 3. The summed E-state index contributed by atoms with van der Waals surface area (Å²) in [6.07, 6.45) is 0.961. The smallest absolute Gasteiger partial charge is 0.258 e. The Bertz CT molecular complexity index is 1090. The Morgan fingerprint density at radius 1 is 1.17 bits per heavy atom. The molecule has 3 N–H and O–H groups in total. The normalized spacial score (nSPS) is 21.1. The molecule has 0 saturated carbocycles. The lowest BCUT2D eigenvalue weighted by Gasteiger charge is -2.33. The van der Waals surface area contributed by atoms with Crippen molar-refractivity contribution in [1.29, 1.82) is 0 Å². The lowest BCUT2D eigenvalue weighted by molar-refractivity contribution is -1.02. The number of nitrogens with zero attached hydrogens (tertiary/aromatic N) is 4. The van der Waals surface area contributed by atoms with E-state index in [4.69, 9.17) is 0 Å². The highest BCUT2D eigenvalue weighted by atomic mass is 16.1. The first-order valence-electron chi connectivity index (χ1n) is 10.9. The molecular weight excluding hydrogens is 378 g/mol. The Kier molecular flexibility index (Phi) is 5.46. The number of tetrazole rings is 1. The Labute approximate surface area is 176 Å². The van der Waals surface area contributed by atoms with Crippen LogP contribution in [0.15, 0.2) is 29.1 Å². The van der Waals surface area contributed by atoms with Crippen molar-refractivity contribution in [1.82, 2.24) is 25.2 Å². The molecule has 1 atom stereocenters. The third-order valence-corrected chi connectivity index (χ3v) is 6.20. The standard InChI is InChI=1S/C22H31N7O/c1-6-15-7-8-18-16(13-15)14-17(21(30)23-18)19(28-11-9-27(5)10-12-28)20-24-25-26-29(20)22(2,3)4/h7-8,13-14,19H,6,9-12H2,1-5H3,(H,23,30)/p+2/t19-/m1/s1. The van der Waals surface area contributed by atoms with Crippen LogP contribution in [0.4, 0.5) is 0 Å². The number of aryl methyl sites for hydroxylation is 1. The number of aromatic nitrogens is 5. The third-order valence-electron chi connectivity index (χ3n) is 6.20. The molecule has 0 radical (unpaired) electrons. The fraction of sp³-hybridized carbons (Fsp3) is 0.545. The van der Waals surface area contributed by atoms with Gasteiger partial charge < -0.3 is 14.8 Å². The summed E-state index contributed by atoms with van der Waals surface area (Å²) in [6.45, 7) is 12.5. The maximum Gasteiger partial charge on any atom is 0.258 e. The topological polar surface area (TPSA) is 85.3 Å². The van der Waals surface area contributed by atoms with Gasteiger partial charge in [-0.1, -0.05) is 13.0 Å². The second-order valence-corrected chi connectivity index (χ2v) is 9.50. The number of quaternary nitrogens is 2. The fourth-order valence-electron chi connectivity index (χ4n) is 4.39. The van der Waals surface area contributed by atoms with Crippen LogP contribution in [0, 0.1) is 0 Å². The van der Waals surface area contributed by atoms with Crippen molar-refractivity contribution in [2.45, 2.75) is 45.7 Å². The summed E-state index contributed by atoms with van der Waals surface area (Å²) in [5.74, 6) is 0.758. The van der Waals surface area contributed by atoms with E-state index in [0.717, 1.165) is 54.9 Å². The minimum Gasteiger partial charge on any atom is -0.328 e. The summed E-state index contributed by atoms with van der Waals surface area (Å²) in [5, 5.41) is 13.8. The molecule has 1 aromatic carbocycles. The zero-order chi connectivity index (χ0) is 21.5. The highest BCUT2D eigenvalue weighted by Crippen LogP contribution is 2.23. The van der Waals surface area contributed by atoms with Crippen LogP contribution in [0.1, 0.15) is 50.7 Å². The summed E-state index contributed by atoms with van der Waals surface area (Å²) in [7, 11) is 2.22. The number of aromatic amines is 1. The predicted molar refractivity (Wildman–Crippen MR) is 116 cm³/mol. The van der Waals surface area contributed by atoms with Gasteiger partial charge in [-0.25, -0.2) is 4.68 Å². The van der Waals surface area contributed by atoms with Gasteiger partial charge in [0.2, 0.25) is 5.82 Å². The van der Waals surface area contributed by atoms with Crippen molar-refractivity contribution in [3.05, 3.63) is 51.6 Å². The van der Waals surface area contributed by atoms with Gasteiger partial charge in [-0.3, -0.25) is 4.79 Å². The first-order valence-corrected chi connectivity index (χ1v) is 10.9. The Morgan fingerprint density at radius 3 is 2.57 bits per heavy atom. The van der Waals surface area contributed by atoms with E-state index in [9.17, 15) is 4.79 Å². The first-order chi connectivity index (χ1) is 14.3. The lowest BCUT2D eigenvalue weighted by Crippen LogP contribution is -3.27. The molecular formula is C22H33N7O+2. The number of rotatable bonds is 4. The second-order valence-electron chi connectivity index (χ2n) is 9.50. The monoisotopic (exact) mass is 411 g/mol. The van der Waals surface area contributed by atoms with Crippen LogP contribution in [0.5, 0.6) is 0 Å². The van der Waals surface area contributed by atoms with Gasteiger partial charge in [0.05, 0.1) is 18.2 Å². The molecule has 8 heteroatoms. The van der Waals surface area contributed by atoms with Crippen LogP contribution in [-0.2, 0) is 12.0 Å². The quantitative estimate of drug-likeness (QED) is 0.532. The van der Waals surface area contributed by atoms with Gasteiger partial charge in [0, 0.05) is 5.52 Å². The van der Waals surface area contributed by atoms with Crippen LogP contribution in [0.3, 0.4) is 0 Å². The van der Waals surface area contributed by atoms with Gasteiger partial charge in [-0.15, -0.1) is 5.10 Å². The highest BCUT2D eigenvalue weighted by molar-refractivity contribution is 5.79. The Balaban J connectivity index is 1.89. The molecule has 1 aliphatic rings. The fourth-order valence-corrected chi connectivity index (χ4v) is 4.39. The molecule has 1 saturated heterocycles. The van der Waals surface area contributed by atoms with E-state index < -0.39 is 0 Å². The van der Waals surface area contributed by atoms with E-state index in [1.807, 2.05) is 10.7 Å². The summed E-state index contributed by atoms with van der Waals surface area (Å²) in [4.78, 5) is 19.2. The van der Waals surface area contributed by atoms with Crippen LogP contribution in [-0.4, -0.2) is 58.4 Å². The average Bonchev–Trinajstić information content (AvgIpc) is 3.19. The first kappa shape index (κ1) is 20.7. The second kappa shape index (κ2) is 7.92. The number of benzene rings is 1. The molecule has 3 heterocycles. The van der Waals surface area contributed by atoms with Crippen LogP contribution in [0.2, 0.25) is 0 Å². The molecule has 0 aliphatic carbocycles. The summed E-state index contributed by atoms with van der Waals surface area (Å²) < 4.78 is 1.88. The van der Waals surface area contributed by atoms with Crippen molar-refractivity contribution >= 4 is 10.9 Å². The van der Waals surface area contributed by atoms with Gasteiger partial charge in [0.25, 0.3) is 5.56 Å². The number of likely N-dealkylation sites (N-methyl/N-ethyl adjacent to an activating group) is 1. The largest absolute Gasteiger partial charge is 0.328 e. The number of fused-ring (bicyclic) bond motifs is 1. The van der Waals surface area contributed by atoms with Crippen molar-refractivity contribution in [2.75, 3.05) is 33.2 Å². The van der Waals surface area contributed by atoms with Gasteiger partial charge in [0.15, 0.2) is 6.04 Å². The molecule has 1 aliphatic heterocycles. The van der Waals surface area contributed by atoms with Crippen LogP contribution in [0.25, 0.3) is 10.9 Å². The molecule has 4 rings (SSSR count). The van der Waals surface area contributed by atoms with Crippen LogP contribution >= 0.6 is 0 Å². The van der Waals surface area contributed by atoms with E-state index in [1.54, 1.807) is 0 Å². The van der Waals surface area contributed by atoms with Crippen molar-refractivity contribution < 1.29 is 9.80 Å². The maximum atomic E-state index is 13.2. The summed E-state index contributed by atoms with van der Waals surface area (Å²) in [6, 6.07) is 8.09. The number of pyridine rings is 1. The maximum absolute atomic E-state index is 13.2. The number of H-pyrrole nitrogens is 1. The molecule has 3 aromatic rings. The SMILES string of the molecule is CCc1ccc2[nH]c(=O)c([C@H](c3nnnn3C(C)(C)C)[NH+]3CC[NH+](C)CC3)cc2c1. The van der Waals surface area contributed by atoms with E-state index in [1.165, 1.54) is 15.4 Å². The molecule has 0 unspecified atom stereocenters. The van der Waals surface area contributed by atoms with Crippen molar-refractivity contribution in [3.8, 4) is 0 Å². The van der Waals surface area contributed by atoms with E-state index in [-0.39, 0.29) is 17.1 Å². The van der Waals surface area contributed by atoms with Crippen molar-refractivity contribution in [2.24, 2.45) is 0 Å². The van der Waals surface area contributed by atoms with Gasteiger partial charge >= 0.3 is 0 Å². The summed E-state index contributed by atoms with van der Waals surface area (Å²) in [5.41, 5.74) is 2.54. The van der Waals surface area contributed by atoms with Gasteiger partial charge in [-0.05, 0) is 66.8 Å². The Hall–Kier alpha value is -2.58. The number of hydrogen-bond acceptors (Lipinski definition) is 4. The van der Waals surface area contributed by atoms with E-state index in [0.29, 0.717) is 0 Å². The highest BCUT2D eigenvalue weighted by Gasteiger charge is 2.38. The number of piperazine rings is 1. The number of hydrogen-bond donors (Lipinski definition) is 3. The molecule has 8 nitrogen and oxygen atoms in total. The summed E-state index contributed by atoms with van der Waals surface area (Å²) >= 11 is 0.